The molecule has 0 bridgehead atoms. The molecule has 0 aliphatic rings. The van der Waals surface area contributed by atoms with Crippen LogP contribution in [0.3, 0.4) is 0 Å². The smallest absolute Gasteiger partial charge is 0.339 e. The van der Waals surface area contributed by atoms with Crippen LogP contribution in [0.25, 0.3) is 0 Å². The standard InChI is InChI=1S/C13H11NO3/c1-9-4-5-11(13(15)16)12(7-9)17-10-3-2-6-14-8-10/h2-8H,1H3,(H,15,16). The Morgan fingerprint density at radius 2 is 2.18 bits per heavy atom. The lowest BCUT2D eigenvalue weighted by Gasteiger charge is -2.08. The van der Waals surface area contributed by atoms with Crippen molar-refractivity contribution in [3.63, 3.8) is 0 Å². The molecule has 2 aromatic rings. The molecule has 0 atom stereocenters. The van der Waals surface area contributed by atoms with Crippen molar-refractivity contribution in [3.05, 3.63) is 53.9 Å². The molecule has 0 saturated carbocycles. The average molecular weight is 229 g/mol. The fourth-order valence-corrected chi connectivity index (χ4v) is 1.43. The van der Waals surface area contributed by atoms with Crippen LogP contribution in [-0.4, -0.2) is 16.1 Å². The predicted octanol–water partition coefficient (Wildman–Crippen LogP) is 2.88. The summed E-state index contributed by atoms with van der Waals surface area (Å²) < 4.78 is 5.51. The third kappa shape index (κ3) is 2.60. The molecule has 0 fully saturated rings. The Morgan fingerprint density at radius 3 is 2.82 bits per heavy atom. The van der Waals surface area contributed by atoms with Gasteiger partial charge in [-0.05, 0) is 36.8 Å². The summed E-state index contributed by atoms with van der Waals surface area (Å²) in [5.74, 6) is -0.171. The molecule has 0 aliphatic heterocycles. The summed E-state index contributed by atoms with van der Waals surface area (Å²) in [5, 5.41) is 9.04. The van der Waals surface area contributed by atoms with Crippen LogP contribution in [0.1, 0.15) is 15.9 Å². The summed E-state index contributed by atoms with van der Waals surface area (Å²) in [5.41, 5.74) is 1.08. The first-order chi connectivity index (χ1) is 8.16. The Hall–Kier alpha value is -2.36. The van der Waals surface area contributed by atoms with Crippen LogP contribution >= 0.6 is 0 Å². The van der Waals surface area contributed by atoms with E-state index in [0.717, 1.165) is 5.56 Å². The molecule has 1 N–H and O–H groups in total. The largest absolute Gasteiger partial charge is 0.478 e. The molecule has 1 heterocycles. The summed E-state index contributed by atoms with van der Waals surface area (Å²) in [6.07, 6.45) is 3.16. The van der Waals surface area contributed by atoms with Crippen LogP contribution in [-0.2, 0) is 0 Å². The first kappa shape index (κ1) is 11.1. The van der Waals surface area contributed by atoms with Crippen LogP contribution < -0.4 is 4.74 Å². The molecule has 2 rings (SSSR count). The van der Waals surface area contributed by atoms with Crippen molar-refractivity contribution in [1.29, 1.82) is 0 Å². The number of aromatic carboxylic acids is 1. The van der Waals surface area contributed by atoms with Crippen LogP contribution in [0, 0.1) is 6.92 Å². The number of aromatic nitrogens is 1. The lowest BCUT2D eigenvalue weighted by atomic mass is 10.1. The summed E-state index contributed by atoms with van der Waals surface area (Å²) in [6.45, 7) is 1.88. The Kier molecular flexibility index (Phi) is 3.05. The van der Waals surface area contributed by atoms with Gasteiger partial charge in [0.25, 0.3) is 0 Å². The van der Waals surface area contributed by atoms with Gasteiger partial charge in [-0.25, -0.2) is 4.79 Å². The number of hydrogen-bond donors (Lipinski definition) is 1. The molecule has 0 aliphatic carbocycles. The van der Waals surface area contributed by atoms with Crippen molar-refractivity contribution in [2.24, 2.45) is 0 Å². The number of rotatable bonds is 3. The lowest BCUT2D eigenvalue weighted by molar-refractivity contribution is 0.0694. The minimum absolute atomic E-state index is 0.138. The van der Waals surface area contributed by atoms with E-state index < -0.39 is 5.97 Å². The number of benzene rings is 1. The SMILES string of the molecule is Cc1ccc(C(=O)O)c(Oc2cccnc2)c1. The van der Waals surface area contributed by atoms with Gasteiger partial charge in [-0.2, -0.15) is 0 Å². The van der Waals surface area contributed by atoms with Gasteiger partial charge in [-0.3, -0.25) is 4.98 Å². The number of pyridine rings is 1. The maximum absolute atomic E-state index is 11.0. The van der Waals surface area contributed by atoms with Gasteiger partial charge >= 0.3 is 5.97 Å². The third-order valence-corrected chi connectivity index (χ3v) is 2.23. The van der Waals surface area contributed by atoms with Crippen molar-refractivity contribution in [2.45, 2.75) is 6.92 Å². The van der Waals surface area contributed by atoms with Crippen molar-refractivity contribution >= 4 is 5.97 Å². The number of hydrogen-bond acceptors (Lipinski definition) is 3. The summed E-state index contributed by atoms with van der Waals surface area (Å²) >= 11 is 0. The number of carboxylic acid groups (broad SMARTS) is 1. The molecule has 1 aromatic carbocycles. The number of carboxylic acids is 1. The van der Waals surface area contributed by atoms with E-state index in [-0.39, 0.29) is 5.56 Å². The van der Waals surface area contributed by atoms with Crippen LogP contribution in [0.2, 0.25) is 0 Å². The highest BCUT2D eigenvalue weighted by molar-refractivity contribution is 5.91. The fraction of sp³-hybridized carbons (Fsp3) is 0.0769. The first-order valence-corrected chi connectivity index (χ1v) is 5.08. The van der Waals surface area contributed by atoms with Gasteiger partial charge in [0.2, 0.25) is 0 Å². The topological polar surface area (TPSA) is 59.4 Å². The minimum atomic E-state index is -1.01. The third-order valence-electron chi connectivity index (χ3n) is 2.23. The summed E-state index contributed by atoms with van der Waals surface area (Å²) in [7, 11) is 0. The Morgan fingerprint density at radius 1 is 1.35 bits per heavy atom. The second-order valence-corrected chi connectivity index (χ2v) is 3.60. The molecular formula is C13H11NO3. The van der Waals surface area contributed by atoms with Crippen molar-refractivity contribution in [2.75, 3.05) is 0 Å². The highest BCUT2D eigenvalue weighted by Gasteiger charge is 2.11. The van der Waals surface area contributed by atoms with Crippen molar-refractivity contribution in [1.82, 2.24) is 4.98 Å². The maximum atomic E-state index is 11.0. The number of nitrogens with zero attached hydrogens (tertiary/aromatic N) is 1. The Bertz CT molecular complexity index is 538. The molecule has 1 aromatic heterocycles. The predicted molar refractivity (Wildman–Crippen MR) is 62.4 cm³/mol. The van der Waals surface area contributed by atoms with Crippen LogP contribution in [0.15, 0.2) is 42.7 Å². The molecule has 0 radical (unpaired) electrons. The van der Waals surface area contributed by atoms with E-state index in [2.05, 4.69) is 4.98 Å². The summed E-state index contributed by atoms with van der Waals surface area (Å²) in [6, 6.07) is 8.41. The van der Waals surface area contributed by atoms with E-state index in [1.807, 2.05) is 6.92 Å². The average Bonchev–Trinajstić information content (AvgIpc) is 2.30. The molecule has 0 saturated heterocycles. The molecule has 0 amide bonds. The molecule has 0 spiro atoms. The lowest BCUT2D eigenvalue weighted by Crippen LogP contribution is -2.00. The minimum Gasteiger partial charge on any atom is -0.478 e. The Balaban J connectivity index is 2.37. The van der Waals surface area contributed by atoms with Gasteiger partial charge in [0, 0.05) is 6.20 Å². The molecule has 0 unspecified atom stereocenters. The van der Waals surface area contributed by atoms with Crippen molar-refractivity contribution in [3.8, 4) is 11.5 Å². The Labute approximate surface area is 98.5 Å². The first-order valence-electron chi connectivity index (χ1n) is 5.08. The number of carbonyl (C=O) groups is 1. The fourth-order valence-electron chi connectivity index (χ4n) is 1.43. The monoisotopic (exact) mass is 229 g/mol. The molecular weight excluding hydrogens is 218 g/mol. The number of ether oxygens (including phenoxy) is 1. The zero-order valence-electron chi connectivity index (χ0n) is 9.25. The molecule has 4 heteroatoms. The van der Waals surface area contributed by atoms with Crippen LogP contribution in [0.5, 0.6) is 11.5 Å². The van der Waals surface area contributed by atoms with Gasteiger partial charge in [-0.15, -0.1) is 0 Å². The summed E-state index contributed by atoms with van der Waals surface area (Å²) in [4.78, 5) is 14.9. The van der Waals surface area contributed by atoms with Crippen molar-refractivity contribution < 1.29 is 14.6 Å². The van der Waals surface area contributed by atoms with E-state index in [0.29, 0.717) is 11.5 Å². The van der Waals surface area contributed by atoms with E-state index in [1.165, 1.54) is 12.3 Å². The quantitative estimate of drug-likeness (QED) is 0.879. The van der Waals surface area contributed by atoms with Gasteiger partial charge < -0.3 is 9.84 Å². The van der Waals surface area contributed by atoms with Gasteiger partial charge in [0.15, 0.2) is 0 Å². The van der Waals surface area contributed by atoms with E-state index in [4.69, 9.17) is 9.84 Å². The maximum Gasteiger partial charge on any atom is 0.339 e. The zero-order valence-corrected chi connectivity index (χ0v) is 9.25. The molecule has 86 valence electrons. The van der Waals surface area contributed by atoms with Gasteiger partial charge in [0.05, 0.1) is 6.20 Å². The highest BCUT2D eigenvalue weighted by Crippen LogP contribution is 2.25. The zero-order chi connectivity index (χ0) is 12.3. The van der Waals surface area contributed by atoms with E-state index >= 15 is 0 Å². The highest BCUT2D eigenvalue weighted by atomic mass is 16.5. The number of aryl methyl sites for hydroxylation is 1. The second kappa shape index (κ2) is 4.65. The van der Waals surface area contributed by atoms with E-state index in [1.54, 1.807) is 30.5 Å². The normalized spacial score (nSPS) is 9.94. The molecule has 17 heavy (non-hydrogen) atoms. The second-order valence-electron chi connectivity index (χ2n) is 3.60. The molecule has 4 nitrogen and oxygen atoms in total. The van der Waals surface area contributed by atoms with Gasteiger partial charge in [-0.1, -0.05) is 6.07 Å². The van der Waals surface area contributed by atoms with Gasteiger partial charge in [0.1, 0.15) is 17.1 Å². The van der Waals surface area contributed by atoms with Crippen LogP contribution in [0.4, 0.5) is 0 Å². The van der Waals surface area contributed by atoms with E-state index in [9.17, 15) is 4.79 Å².